The molecule has 0 spiro atoms. The van der Waals surface area contributed by atoms with Crippen LogP contribution in [0.2, 0.25) is 0 Å². The first-order chi connectivity index (χ1) is 10.3. The molecule has 4 nitrogen and oxygen atoms in total. The fourth-order valence-electron chi connectivity index (χ4n) is 2.49. The second-order valence-corrected chi connectivity index (χ2v) is 6.54. The lowest BCUT2D eigenvalue weighted by Crippen LogP contribution is -2.25. The first kappa shape index (κ1) is 16.8. The molecule has 1 aliphatic heterocycles. The SMILES string of the molecule is CC(=O)/C(S)=C/C1=Nc2ccc(N(C)CCO)cc2C1(C)C. The number of rotatable bonds is 5. The van der Waals surface area contributed by atoms with E-state index in [2.05, 4.69) is 37.5 Å². The Labute approximate surface area is 137 Å². The molecule has 0 unspecified atom stereocenters. The molecule has 1 aliphatic rings. The molecule has 0 saturated carbocycles. The third-order valence-corrected chi connectivity index (χ3v) is 4.49. The molecule has 0 aliphatic carbocycles. The van der Waals surface area contributed by atoms with Crippen molar-refractivity contribution in [3.8, 4) is 0 Å². The van der Waals surface area contributed by atoms with Gasteiger partial charge in [-0.2, -0.15) is 0 Å². The summed E-state index contributed by atoms with van der Waals surface area (Å²) < 4.78 is 0. The highest BCUT2D eigenvalue weighted by Gasteiger charge is 2.34. The van der Waals surface area contributed by atoms with Crippen molar-refractivity contribution < 1.29 is 9.90 Å². The molecule has 0 bridgehead atoms. The molecule has 1 aromatic rings. The van der Waals surface area contributed by atoms with Gasteiger partial charge < -0.3 is 10.0 Å². The Bertz CT molecular complexity index is 663. The minimum Gasteiger partial charge on any atom is -0.395 e. The van der Waals surface area contributed by atoms with Crippen molar-refractivity contribution in [3.63, 3.8) is 0 Å². The van der Waals surface area contributed by atoms with Crippen LogP contribution < -0.4 is 4.90 Å². The number of fused-ring (bicyclic) bond motifs is 1. The number of Topliss-reactive ketones (excluding diaryl/α,β-unsaturated/α-hetero) is 1. The summed E-state index contributed by atoms with van der Waals surface area (Å²) in [5.74, 6) is -0.0684. The Morgan fingerprint density at radius 3 is 2.73 bits per heavy atom. The Kier molecular flexibility index (Phi) is 4.78. The van der Waals surface area contributed by atoms with Crippen molar-refractivity contribution in [2.24, 2.45) is 4.99 Å². The number of likely N-dealkylation sites (N-methyl/N-ethyl adjacent to an activating group) is 1. The zero-order valence-electron chi connectivity index (χ0n) is 13.4. The van der Waals surface area contributed by atoms with E-state index in [4.69, 9.17) is 5.11 Å². The van der Waals surface area contributed by atoms with Gasteiger partial charge in [0.05, 0.1) is 18.0 Å². The van der Waals surface area contributed by atoms with Gasteiger partial charge in [-0.25, -0.2) is 0 Å². The van der Waals surface area contributed by atoms with E-state index in [0.717, 1.165) is 22.6 Å². The van der Waals surface area contributed by atoms with Crippen LogP contribution in [0.4, 0.5) is 11.4 Å². The summed E-state index contributed by atoms with van der Waals surface area (Å²) >= 11 is 4.23. The van der Waals surface area contributed by atoms with Crippen molar-refractivity contribution in [2.45, 2.75) is 26.2 Å². The van der Waals surface area contributed by atoms with Gasteiger partial charge in [0.2, 0.25) is 0 Å². The normalized spacial score (nSPS) is 16.3. The Balaban J connectivity index is 2.40. The molecule has 0 amide bonds. The number of carbonyl (C=O) groups excluding carboxylic acids is 1. The molecule has 5 heteroatoms. The standard InChI is InChI=1S/C17H22N2O2S/c1-11(21)15(22)10-16-17(2,3)13-9-12(19(4)7-8-20)5-6-14(13)18-16/h5-6,9-10,20,22H,7-8H2,1-4H3/b15-10-. The largest absolute Gasteiger partial charge is 0.395 e. The number of hydrogen-bond acceptors (Lipinski definition) is 5. The van der Waals surface area contributed by atoms with Gasteiger partial charge in [0, 0.05) is 29.6 Å². The van der Waals surface area contributed by atoms with Crippen LogP contribution in [0.3, 0.4) is 0 Å². The van der Waals surface area contributed by atoms with Gasteiger partial charge in [0.15, 0.2) is 5.78 Å². The number of allylic oxidation sites excluding steroid dienone is 2. The van der Waals surface area contributed by atoms with Gasteiger partial charge >= 0.3 is 0 Å². The molecule has 0 aromatic heterocycles. The van der Waals surface area contributed by atoms with Crippen LogP contribution in [0.15, 0.2) is 34.2 Å². The van der Waals surface area contributed by atoms with Crippen molar-refractivity contribution >= 4 is 35.5 Å². The van der Waals surface area contributed by atoms with Gasteiger partial charge in [-0.3, -0.25) is 9.79 Å². The van der Waals surface area contributed by atoms with Crippen LogP contribution in [-0.4, -0.2) is 36.8 Å². The molecule has 0 radical (unpaired) electrons. The minimum absolute atomic E-state index is 0.0684. The molecule has 0 saturated heterocycles. The highest BCUT2D eigenvalue weighted by molar-refractivity contribution is 7.85. The zero-order valence-corrected chi connectivity index (χ0v) is 14.3. The van der Waals surface area contributed by atoms with E-state index in [1.165, 1.54) is 6.92 Å². The third kappa shape index (κ3) is 3.10. The fraction of sp³-hybridized carbons (Fsp3) is 0.412. The van der Waals surface area contributed by atoms with Gasteiger partial charge in [-0.15, -0.1) is 12.6 Å². The number of hydrogen-bond donors (Lipinski definition) is 2. The molecule has 0 fully saturated rings. The lowest BCUT2D eigenvalue weighted by atomic mass is 9.81. The highest BCUT2D eigenvalue weighted by atomic mass is 32.1. The van der Waals surface area contributed by atoms with Crippen molar-refractivity contribution in [1.82, 2.24) is 0 Å². The molecule has 1 aromatic carbocycles. The Morgan fingerprint density at radius 1 is 1.45 bits per heavy atom. The van der Waals surface area contributed by atoms with E-state index in [1.807, 2.05) is 24.1 Å². The first-order valence-electron chi connectivity index (χ1n) is 7.24. The average molecular weight is 318 g/mol. The summed E-state index contributed by atoms with van der Waals surface area (Å²) in [6.45, 7) is 6.37. The maximum Gasteiger partial charge on any atom is 0.165 e. The number of ketones is 1. The molecule has 1 N–H and O–H groups in total. The second-order valence-electron chi connectivity index (χ2n) is 6.05. The van der Waals surface area contributed by atoms with Gasteiger partial charge in [0.25, 0.3) is 0 Å². The average Bonchev–Trinajstić information content (AvgIpc) is 2.70. The van der Waals surface area contributed by atoms with E-state index in [0.29, 0.717) is 11.4 Å². The van der Waals surface area contributed by atoms with Crippen molar-refractivity contribution in [1.29, 1.82) is 0 Å². The quantitative estimate of drug-likeness (QED) is 0.648. The lowest BCUT2D eigenvalue weighted by Gasteiger charge is -2.24. The number of aliphatic hydroxyl groups is 1. The molecule has 2 rings (SSSR count). The number of benzene rings is 1. The molecule has 118 valence electrons. The van der Waals surface area contributed by atoms with Crippen LogP contribution >= 0.6 is 12.6 Å². The number of aliphatic imine (C=N–C) groups is 1. The predicted octanol–water partition coefficient (Wildman–Crippen LogP) is 2.88. The lowest BCUT2D eigenvalue weighted by molar-refractivity contribution is -0.112. The fourth-order valence-corrected chi connectivity index (χ4v) is 2.61. The number of thiol groups is 1. The summed E-state index contributed by atoms with van der Waals surface area (Å²) in [7, 11) is 1.95. The second kappa shape index (κ2) is 6.26. The summed E-state index contributed by atoms with van der Waals surface area (Å²) in [6.07, 6.45) is 1.75. The Morgan fingerprint density at radius 2 is 2.14 bits per heavy atom. The van der Waals surface area contributed by atoms with Gasteiger partial charge in [0.1, 0.15) is 0 Å². The maximum absolute atomic E-state index is 11.4. The van der Waals surface area contributed by atoms with Crippen LogP contribution in [0.25, 0.3) is 0 Å². The number of anilines is 1. The Hall–Kier alpha value is -1.59. The van der Waals surface area contributed by atoms with Crippen LogP contribution in [0, 0.1) is 0 Å². The predicted molar refractivity (Wildman–Crippen MR) is 94.7 cm³/mol. The van der Waals surface area contributed by atoms with E-state index in [-0.39, 0.29) is 17.8 Å². The monoisotopic (exact) mass is 318 g/mol. The van der Waals surface area contributed by atoms with Crippen LogP contribution in [-0.2, 0) is 10.2 Å². The molecule has 0 atom stereocenters. The molecular weight excluding hydrogens is 296 g/mol. The van der Waals surface area contributed by atoms with Crippen LogP contribution in [0.1, 0.15) is 26.3 Å². The van der Waals surface area contributed by atoms with E-state index in [9.17, 15) is 4.79 Å². The molecular formula is C17H22N2O2S. The zero-order chi connectivity index (χ0) is 16.5. The van der Waals surface area contributed by atoms with E-state index in [1.54, 1.807) is 6.08 Å². The number of aliphatic hydroxyl groups excluding tert-OH is 1. The smallest absolute Gasteiger partial charge is 0.165 e. The summed E-state index contributed by atoms with van der Waals surface area (Å²) in [6, 6.07) is 6.07. The molecule has 22 heavy (non-hydrogen) atoms. The number of carbonyl (C=O) groups is 1. The van der Waals surface area contributed by atoms with Crippen molar-refractivity contribution in [3.05, 3.63) is 34.7 Å². The van der Waals surface area contributed by atoms with Crippen molar-refractivity contribution in [2.75, 3.05) is 25.1 Å². The van der Waals surface area contributed by atoms with Crippen LogP contribution in [0.5, 0.6) is 0 Å². The van der Waals surface area contributed by atoms with E-state index < -0.39 is 0 Å². The maximum atomic E-state index is 11.4. The minimum atomic E-state index is -0.283. The van der Waals surface area contributed by atoms with Gasteiger partial charge in [-0.1, -0.05) is 13.8 Å². The summed E-state index contributed by atoms with van der Waals surface area (Å²) in [5.41, 5.74) is 3.63. The topological polar surface area (TPSA) is 52.9 Å². The van der Waals surface area contributed by atoms with E-state index >= 15 is 0 Å². The third-order valence-electron chi connectivity index (χ3n) is 4.05. The van der Waals surface area contributed by atoms with Gasteiger partial charge in [-0.05, 0) is 36.8 Å². The molecule has 1 heterocycles. The first-order valence-corrected chi connectivity index (χ1v) is 7.69. The highest BCUT2D eigenvalue weighted by Crippen LogP contribution is 2.42. The summed E-state index contributed by atoms with van der Waals surface area (Å²) in [5, 5.41) is 9.07. The summed E-state index contributed by atoms with van der Waals surface area (Å²) in [4.78, 5) is 18.5. The number of nitrogens with zero attached hydrogens (tertiary/aromatic N) is 2.